The van der Waals surface area contributed by atoms with Gasteiger partial charge in [-0.1, -0.05) is 58.8 Å². The Labute approximate surface area is 148 Å². The van der Waals surface area contributed by atoms with E-state index in [0.29, 0.717) is 0 Å². The van der Waals surface area contributed by atoms with Crippen molar-refractivity contribution >= 4 is 0 Å². The van der Waals surface area contributed by atoms with Gasteiger partial charge in [0.1, 0.15) is 11.5 Å². The van der Waals surface area contributed by atoms with E-state index in [-0.39, 0.29) is 0 Å². The molecule has 1 aliphatic rings. The van der Waals surface area contributed by atoms with E-state index in [2.05, 4.69) is 13.8 Å². The maximum Gasteiger partial charge on any atom is 0.119 e. The molecule has 0 aliphatic heterocycles. The zero-order valence-electron chi connectivity index (χ0n) is 15.8. The second-order valence-corrected chi connectivity index (χ2v) is 7.31. The van der Waals surface area contributed by atoms with Crippen LogP contribution in [0.2, 0.25) is 0 Å². The Morgan fingerprint density at radius 1 is 0.750 bits per heavy atom. The molecule has 0 bridgehead atoms. The maximum atomic E-state index is 5.88. The Balaban J connectivity index is 1.56. The van der Waals surface area contributed by atoms with Crippen molar-refractivity contribution in [1.29, 1.82) is 0 Å². The Morgan fingerprint density at radius 3 is 1.83 bits per heavy atom. The molecular formula is C22H36O2. The highest BCUT2D eigenvalue weighted by atomic mass is 16.5. The van der Waals surface area contributed by atoms with Gasteiger partial charge in [-0.05, 0) is 55.4 Å². The standard InChI is InChI=1S/C22H36O2/c1-3-5-6-17-23-21-13-15-22(16-14-21)24-18-7-8-20-11-9-19(4-2)10-12-20/h13-16,19-20H,3-12,17-18H2,1-2H3. The van der Waals surface area contributed by atoms with Crippen LogP contribution in [0.1, 0.15) is 78.1 Å². The van der Waals surface area contributed by atoms with E-state index in [1.807, 2.05) is 24.3 Å². The zero-order valence-corrected chi connectivity index (χ0v) is 15.8. The highest BCUT2D eigenvalue weighted by Crippen LogP contribution is 2.33. The first kappa shape index (κ1) is 19.1. The summed E-state index contributed by atoms with van der Waals surface area (Å²) < 4.78 is 11.6. The molecule has 2 rings (SSSR count). The highest BCUT2D eigenvalue weighted by Gasteiger charge is 2.19. The van der Waals surface area contributed by atoms with E-state index < -0.39 is 0 Å². The second-order valence-electron chi connectivity index (χ2n) is 7.31. The van der Waals surface area contributed by atoms with Gasteiger partial charge < -0.3 is 9.47 Å². The summed E-state index contributed by atoms with van der Waals surface area (Å²) in [6.45, 7) is 6.20. The minimum atomic E-state index is 0.814. The van der Waals surface area contributed by atoms with Gasteiger partial charge in [0.2, 0.25) is 0 Å². The Kier molecular flexibility index (Phi) is 9.09. The molecule has 0 heterocycles. The molecule has 0 N–H and O–H groups in total. The van der Waals surface area contributed by atoms with Crippen molar-refractivity contribution in [2.75, 3.05) is 13.2 Å². The Hall–Kier alpha value is -1.18. The third-order valence-corrected chi connectivity index (χ3v) is 5.41. The van der Waals surface area contributed by atoms with Crippen molar-refractivity contribution in [2.45, 2.75) is 78.1 Å². The van der Waals surface area contributed by atoms with Crippen LogP contribution in [0.4, 0.5) is 0 Å². The van der Waals surface area contributed by atoms with Crippen molar-refractivity contribution in [2.24, 2.45) is 11.8 Å². The second kappa shape index (κ2) is 11.4. The predicted molar refractivity (Wildman–Crippen MR) is 102 cm³/mol. The normalized spacial score (nSPS) is 20.8. The van der Waals surface area contributed by atoms with Gasteiger partial charge in [0.15, 0.2) is 0 Å². The van der Waals surface area contributed by atoms with Gasteiger partial charge in [-0.2, -0.15) is 0 Å². The average molecular weight is 333 g/mol. The molecule has 24 heavy (non-hydrogen) atoms. The summed E-state index contributed by atoms with van der Waals surface area (Å²) in [7, 11) is 0. The first-order valence-electron chi connectivity index (χ1n) is 10.2. The van der Waals surface area contributed by atoms with Crippen LogP contribution < -0.4 is 9.47 Å². The lowest BCUT2D eigenvalue weighted by Gasteiger charge is -2.27. The molecule has 1 aromatic rings. The van der Waals surface area contributed by atoms with Crippen molar-refractivity contribution in [3.63, 3.8) is 0 Å². The number of ether oxygens (including phenoxy) is 2. The third kappa shape index (κ3) is 7.15. The summed E-state index contributed by atoms with van der Waals surface area (Å²) in [4.78, 5) is 0. The number of hydrogen-bond acceptors (Lipinski definition) is 2. The third-order valence-electron chi connectivity index (χ3n) is 5.41. The van der Waals surface area contributed by atoms with Gasteiger partial charge in [0.25, 0.3) is 0 Å². The quantitative estimate of drug-likeness (QED) is 0.423. The van der Waals surface area contributed by atoms with Gasteiger partial charge in [-0.15, -0.1) is 0 Å². The number of hydrogen-bond donors (Lipinski definition) is 0. The monoisotopic (exact) mass is 332 g/mol. The van der Waals surface area contributed by atoms with Crippen molar-refractivity contribution in [3.05, 3.63) is 24.3 Å². The molecule has 1 fully saturated rings. The van der Waals surface area contributed by atoms with Crippen molar-refractivity contribution < 1.29 is 9.47 Å². The Morgan fingerprint density at radius 2 is 1.29 bits per heavy atom. The average Bonchev–Trinajstić information content (AvgIpc) is 2.64. The van der Waals surface area contributed by atoms with E-state index in [0.717, 1.165) is 43.0 Å². The van der Waals surface area contributed by atoms with Crippen LogP contribution in [0, 0.1) is 11.8 Å². The van der Waals surface area contributed by atoms with Crippen LogP contribution in [0.5, 0.6) is 11.5 Å². The first-order valence-corrected chi connectivity index (χ1v) is 10.2. The summed E-state index contributed by atoms with van der Waals surface area (Å²) >= 11 is 0. The van der Waals surface area contributed by atoms with E-state index in [4.69, 9.17) is 9.47 Å². The first-order chi connectivity index (χ1) is 11.8. The zero-order chi connectivity index (χ0) is 17.0. The van der Waals surface area contributed by atoms with Crippen molar-refractivity contribution in [3.8, 4) is 11.5 Å². The van der Waals surface area contributed by atoms with E-state index in [1.165, 1.54) is 57.8 Å². The molecule has 0 aromatic heterocycles. The Bertz CT molecular complexity index is 418. The predicted octanol–water partition coefficient (Wildman–Crippen LogP) is 6.63. The van der Waals surface area contributed by atoms with Gasteiger partial charge in [-0.25, -0.2) is 0 Å². The molecule has 136 valence electrons. The molecule has 0 radical (unpaired) electrons. The number of unbranched alkanes of at least 4 members (excludes halogenated alkanes) is 2. The maximum absolute atomic E-state index is 5.88. The molecular weight excluding hydrogens is 296 g/mol. The highest BCUT2D eigenvalue weighted by molar-refractivity contribution is 5.31. The summed E-state index contributed by atoms with van der Waals surface area (Å²) in [5, 5.41) is 0. The molecule has 0 unspecified atom stereocenters. The van der Waals surface area contributed by atoms with E-state index in [9.17, 15) is 0 Å². The minimum absolute atomic E-state index is 0.814. The SMILES string of the molecule is CCCCCOc1ccc(OCCCC2CCC(CC)CC2)cc1. The summed E-state index contributed by atoms with van der Waals surface area (Å²) in [6.07, 6.45) is 13.2. The lowest BCUT2D eigenvalue weighted by Crippen LogP contribution is -2.14. The fourth-order valence-corrected chi connectivity index (χ4v) is 3.66. The molecule has 0 saturated heterocycles. The summed E-state index contributed by atoms with van der Waals surface area (Å²) in [6, 6.07) is 8.10. The lowest BCUT2D eigenvalue weighted by atomic mass is 9.79. The van der Waals surface area contributed by atoms with Crippen LogP contribution >= 0.6 is 0 Å². The molecule has 2 nitrogen and oxygen atoms in total. The summed E-state index contributed by atoms with van der Waals surface area (Å²) in [5.41, 5.74) is 0. The number of rotatable bonds is 11. The fraction of sp³-hybridized carbons (Fsp3) is 0.727. The minimum Gasteiger partial charge on any atom is -0.494 e. The molecule has 2 heteroatoms. The molecule has 1 saturated carbocycles. The van der Waals surface area contributed by atoms with Crippen LogP contribution in [0.3, 0.4) is 0 Å². The van der Waals surface area contributed by atoms with Gasteiger partial charge in [0.05, 0.1) is 13.2 Å². The largest absolute Gasteiger partial charge is 0.494 e. The van der Waals surface area contributed by atoms with Crippen LogP contribution in [0.15, 0.2) is 24.3 Å². The van der Waals surface area contributed by atoms with E-state index >= 15 is 0 Å². The molecule has 1 aromatic carbocycles. The van der Waals surface area contributed by atoms with Gasteiger partial charge in [-0.3, -0.25) is 0 Å². The molecule has 0 amide bonds. The molecule has 0 atom stereocenters. The van der Waals surface area contributed by atoms with Crippen LogP contribution in [0.25, 0.3) is 0 Å². The van der Waals surface area contributed by atoms with Crippen LogP contribution in [-0.4, -0.2) is 13.2 Å². The van der Waals surface area contributed by atoms with Gasteiger partial charge >= 0.3 is 0 Å². The molecule has 1 aliphatic carbocycles. The van der Waals surface area contributed by atoms with Crippen LogP contribution in [-0.2, 0) is 0 Å². The smallest absolute Gasteiger partial charge is 0.119 e. The topological polar surface area (TPSA) is 18.5 Å². The summed E-state index contributed by atoms with van der Waals surface area (Å²) in [5.74, 6) is 3.85. The fourth-order valence-electron chi connectivity index (χ4n) is 3.66. The molecule has 0 spiro atoms. The van der Waals surface area contributed by atoms with Crippen molar-refractivity contribution in [1.82, 2.24) is 0 Å². The number of benzene rings is 1. The lowest BCUT2D eigenvalue weighted by molar-refractivity contribution is 0.234. The van der Waals surface area contributed by atoms with Gasteiger partial charge in [0, 0.05) is 0 Å². The van der Waals surface area contributed by atoms with E-state index in [1.54, 1.807) is 0 Å².